The van der Waals surface area contributed by atoms with Crippen LogP contribution in [0.3, 0.4) is 0 Å². The number of urea groups is 1. The minimum atomic E-state index is -1.16. The second kappa shape index (κ2) is 8.11. The van der Waals surface area contributed by atoms with Gasteiger partial charge in [0.25, 0.3) is 5.91 Å². The van der Waals surface area contributed by atoms with E-state index in [1.807, 2.05) is 6.07 Å². The van der Waals surface area contributed by atoms with E-state index in [2.05, 4.69) is 11.4 Å². The molecule has 2 atom stereocenters. The van der Waals surface area contributed by atoms with Crippen LogP contribution in [-0.4, -0.2) is 41.2 Å². The molecule has 2 N–H and O–H groups in total. The lowest BCUT2D eigenvalue weighted by atomic mass is 9.92. The van der Waals surface area contributed by atoms with Gasteiger partial charge in [0.2, 0.25) is 0 Å². The summed E-state index contributed by atoms with van der Waals surface area (Å²) >= 11 is 0. The summed E-state index contributed by atoms with van der Waals surface area (Å²) in [5.74, 6) is 0.121. The zero-order valence-corrected chi connectivity index (χ0v) is 15.5. The van der Waals surface area contributed by atoms with E-state index in [9.17, 15) is 14.7 Å². The summed E-state index contributed by atoms with van der Waals surface area (Å²) in [5, 5.41) is 21.6. The molecule has 3 rings (SSSR count). The van der Waals surface area contributed by atoms with Crippen molar-refractivity contribution in [1.82, 2.24) is 10.2 Å². The van der Waals surface area contributed by atoms with Gasteiger partial charge in [-0.25, -0.2) is 4.79 Å². The standard InChI is InChI=1S/C21H21N3O4/c1-21(16-5-3-2-4-6-16)19(26)24(20(27)23-21)13-17(25)14-28-18-9-7-15(8-10-18)11-12-22/h2-10,17,25H,11,13-14H2,1H3,(H,23,27). The van der Waals surface area contributed by atoms with E-state index >= 15 is 0 Å². The molecule has 144 valence electrons. The third-order valence-electron chi connectivity index (χ3n) is 4.67. The fourth-order valence-electron chi connectivity index (χ4n) is 3.08. The summed E-state index contributed by atoms with van der Waals surface area (Å²) in [6, 6.07) is 17.5. The van der Waals surface area contributed by atoms with Gasteiger partial charge in [0.1, 0.15) is 24.0 Å². The lowest BCUT2D eigenvalue weighted by molar-refractivity contribution is -0.132. The number of amides is 3. The smallest absolute Gasteiger partial charge is 0.325 e. The Morgan fingerprint density at radius 2 is 1.86 bits per heavy atom. The molecule has 0 aliphatic carbocycles. The first kappa shape index (κ1) is 19.4. The third-order valence-corrected chi connectivity index (χ3v) is 4.67. The molecule has 1 aliphatic rings. The summed E-state index contributed by atoms with van der Waals surface area (Å²) in [6.07, 6.45) is -0.721. The highest BCUT2D eigenvalue weighted by Crippen LogP contribution is 2.28. The van der Waals surface area contributed by atoms with Crippen molar-refractivity contribution in [2.45, 2.75) is 25.0 Å². The minimum Gasteiger partial charge on any atom is -0.491 e. The minimum absolute atomic E-state index is 0.0727. The largest absolute Gasteiger partial charge is 0.491 e. The number of carbonyl (C=O) groups excluding carboxylic acids is 2. The van der Waals surface area contributed by atoms with Crippen LogP contribution in [0, 0.1) is 11.3 Å². The summed E-state index contributed by atoms with van der Waals surface area (Å²) < 4.78 is 5.52. The van der Waals surface area contributed by atoms with E-state index in [1.165, 1.54) is 0 Å². The molecule has 7 nitrogen and oxygen atoms in total. The predicted molar refractivity (Wildman–Crippen MR) is 101 cm³/mol. The first-order chi connectivity index (χ1) is 13.4. The lowest BCUT2D eigenvalue weighted by Crippen LogP contribution is -2.42. The molecule has 2 aromatic carbocycles. The summed E-state index contributed by atoms with van der Waals surface area (Å²) in [4.78, 5) is 26.1. The van der Waals surface area contributed by atoms with E-state index in [1.54, 1.807) is 55.5 Å². The number of hydrogen-bond donors (Lipinski definition) is 2. The first-order valence-corrected chi connectivity index (χ1v) is 8.90. The van der Waals surface area contributed by atoms with Crippen LogP contribution in [0.1, 0.15) is 18.1 Å². The van der Waals surface area contributed by atoms with Crippen LogP contribution in [0.5, 0.6) is 5.75 Å². The van der Waals surface area contributed by atoms with E-state index in [-0.39, 0.29) is 13.2 Å². The number of aliphatic hydroxyl groups excluding tert-OH is 1. The molecule has 1 saturated heterocycles. The Morgan fingerprint density at radius 3 is 2.50 bits per heavy atom. The Morgan fingerprint density at radius 1 is 1.18 bits per heavy atom. The zero-order valence-electron chi connectivity index (χ0n) is 15.5. The molecule has 1 fully saturated rings. The Balaban J connectivity index is 1.59. The highest BCUT2D eigenvalue weighted by atomic mass is 16.5. The maximum absolute atomic E-state index is 12.8. The highest BCUT2D eigenvalue weighted by molar-refractivity contribution is 6.07. The molecule has 3 amide bonds. The molecule has 0 aromatic heterocycles. The number of ether oxygens (including phenoxy) is 1. The van der Waals surface area contributed by atoms with E-state index in [0.29, 0.717) is 17.7 Å². The van der Waals surface area contributed by atoms with Crippen LogP contribution in [0.25, 0.3) is 0 Å². The van der Waals surface area contributed by atoms with Gasteiger partial charge in [-0.1, -0.05) is 42.5 Å². The molecule has 0 spiro atoms. The Hall–Kier alpha value is -3.37. The molecular formula is C21H21N3O4. The number of carbonyl (C=O) groups is 2. The van der Waals surface area contributed by atoms with Gasteiger partial charge >= 0.3 is 6.03 Å². The van der Waals surface area contributed by atoms with Gasteiger partial charge in [0.05, 0.1) is 19.0 Å². The number of benzene rings is 2. The topological polar surface area (TPSA) is 103 Å². The molecule has 28 heavy (non-hydrogen) atoms. The van der Waals surface area contributed by atoms with Crippen molar-refractivity contribution >= 4 is 11.9 Å². The average Bonchev–Trinajstić information content (AvgIpc) is 2.92. The summed E-state index contributed by atoms with van der Waals surface area (Å²) in [7, 11) is 0. The number of imide groups is 1. The van der Waals surface area contributed by atoms with Crippen LogP contribution in [0.15, 0.2) is 54.6 Å². The summed E-state index contributed by atoms with van der Waals surface area (Å²) in [6.45, 7) is 1.41. The van der Waals surface area contributed by atoms with Crippen LogP contribution in [0.2, 0.25) is 0 Å². The van der Waals surface area contributed by atoms with Gasteiger partial charge in [0.15, 0.2) is 0 Å². The zero-order chi connectivity index (χ0) is 20.1. The monoisotopic (exact) mass is 379 g/mol. The number of nitrogens with one attached hydrogen (secondary N) is 1. The van der Waals surface area contributed by atoms with Crippen LogP contribution in [-0.2, 0) is 16.8 Å². The maximum atomic E-state index is 12.8. The van der Waals surface area contributed by atoms with E-state index in [0.717, 1.165) is 10.5 Å². The molecular weight excluding hydrogens is 358 g/mol. The average molecular weight is 379 g/mol. The molecule has 1 aliphatic heterocycles. The van der Waals surface area contributed by atoms with Crippen LogP contribution >= 0.6 is 0 Å². The van der Waals surface area contributed by atoms with Crippen molar-refractivity contribution in [1.29, 1.82) is 5.26 Å². The SMILES string of the molecule is CC1(c2ccccc2)NC(=O)N(CC(O)COc2ccc(CC#N)cc2)C1=O. The number of rotatable bonds is 7. The van der Waals surface area contributed by atoms with Gasteiger partial charge < -0.3 is 15.2 Å². The molecule has 2 unspecified atom stereocenters. The maximum Gasteiger partial charge on any atom is 0.325 e. The first-order valence-electron chi connectivity index (χ1n) is 8.90. The summed E-state index contributed by atoms with van der Waals surface area (Å²) in [5.41, 5.74) is 0.393. The van der Waals surface area contributed by atoms with Gasteiger partial charge in [-0.2, -0.15) is 5.26 Å². The normalized spacial score (nSPS) is 19.8. The predicted octanol–water partition coefficient (Wildman–Crippen LogP) is 1.96. The van der Waals surface area contributed by atoms with Crippen molar-refractivity contribution < 1.29 is 19.4 Å². The van der Waals surface area contributed by atoms with Gasteiger partial charge in [-0.3, -0.25) is 9.69 Å². The number of hydrogen-bond acceptors (Lipinski definition) is 5. The third kappa shape index (κ3) is 3.97. The Bertz CT molecular complexity index is 892. The molecule has 7 heteroatoms. The number of nitriles is 1. The fourth-order valence-corrected chi connectivity index (χ4v) is 3.08. The van der Waals surface area contributed by atoms with Crippen molar-refractivity contribution in [3.63, 3.8) is 0 Å². The van der Waals surface area contributed by atoms with Crippen LogP contribution in [0.4, 0.5) is 4.79 Å². The lowest BCUT2D eigenvalue weighted by Gasteiger charge is -2.23. The Labute approximate surface area is 163 Å². The quantitative estimate of drug-likeness (QED) is 0.716. The van der Waals surface area contributed by atoms with Crippen LogP contribution < -0.4 is 10.1 Å². The molecule has 0 saturated carbocycles. The van der Waals surface area contributed by atoms with Gasteiger partial charge in [-0.15, -0.1) is 0 Å². The fraction of sp³-hybridized carbons (Fsp3) is 0.286. The van der Waals surface area contributed by atoms with E-state index in [4.69, 9.17) is 10.00 Å². The van der Waals surface area contributed by atoms with Crippen molar-refractivity contribution in [3.05, 3.63) is 65.7 Å². The van der Waals surface area contributed by atoms with Crippen molar-refractivity contribution in [2.24, 2.45) is 0 Å². The Kier molecular flexibility index (Phi) is 5.62. The molecule has 0 bridgehead atoms. The van der Waals surface area contributed by atoms with E-state index < -0.39 is 23.6 Å². The van der Waals surface area contributed by atoms with Gasteiger partial charge in [0, 0.05) is 0 Å². The second-order valence-corrected chi connectivity index (χ2v) is 6.78. The number of β-amino-alcohol motifs (C(OH)–C–C–N with tert-alkyl or cyclic N) is 1. The molecule has 1 heterocycles. The number of aliphatic hydroxyl groups is 1. The molecule has 0 radical (unpaired) electrons. The van der Waals surface area contributed by atoms with Crippen molar-refractivity contribution in [3.8, 4) is 11.8 Å². The second-order valence-electron chi connectivity index (χ2n) is 6.78. The molecule has 2 aromatic rings. The number of nitrogens with zero attached hydrogens (tertiary/aromatic N) is 2. The highest BCUT2D eigenvalue weighted by Gasteiger charge is 2.49. The van der Waals surface area contributed by atoms with Crippen molar-refractivity contribution in [2.75, 3.05) is 13.2 Å². The van der Waals surface area contributed by atoms with Gasteiger partial charge in [-0.05, 0) is 30.2 Å².